The number of amides is 1. The molecule has 1 aromatic carbocycles. The van der Waals surface area contributed by atoms with E-state index in [1.165, 1.54) is 6.42 Å². The first-order chi connectivity index (χ1) is 13.6. The molecule has 1 aliphatic carbocycles. The second-order valence-electron chi connectivity index (χ2n) is 7.11. The maximum Gasteiger partial charge on any atom is 0.269 e. The minimum atomic E-state index is -0.252. The Bertz CT molecular complexity index is 988. The fraction of sp³-hybridized carbons (Fsp3) is 0.381. The quantitative estimate of drug-likeness (QED) is 0.681. The van der Waals surface area contributed by atoms with E-state index < -0.39 is 0 Å². The predicted molar refractivity (Wildman–Crippen MR) is 109 cm³/mol. The molecule has 1 fully saturated rings. The molecule has 1 saturated carbocycles. The summed E-state index contributed by atoms with van der Waals surface area (Å²) in [6.07, 6.45) is 6.46. The number of thiazole rings is 1. The zero-order valence-electron chi connectivity index (χ0n) is 15.7. The van der Waals surface area contributed by atoms with Gasteiger partial charge in [-0.25, -0.2) is 4.98 Å². The van der Waals surface area contributed by atoms with Gasteiger partial charge in [-0.2, -0.15) is 0 Å². The molecule has 0 saturated heterocycles. The Labute approximate surface area is 167 Å². The van der Waals surface area contributed by atoms with Crippen LogP contribution in [0.5, 0.6) is 11.5 Å². The van der Waals surface area contributed by atoms with Crippen LogP contribution in [0.1, 0.15) is 41.2 Å². The Morgan fingerprint density at radius 2 is 2.07 bits per heavy atom. The molecule has 2 aromatic heterocycles. The lowest BCUT2D eigenvalue weighted by atomic mass is 9.84. The van der Waals surface area contributed by atoms with Crippen molar-refractivity contribution in [2.75, 3.05) is 7.05 Å². The Morgan fingerprint density at radius 1 is 1.25 bits per heavy atom. The molecule has 0 radical (unpaired) electrons. The van der Waals surface area contributed by atoms with Crippen molar-refractivity contribution in [1.82, 2.24) is 15.3 Å². The fourth-order valence-corrected chi connectivity index (χ4v) is 4.71. The number of aromatic nitrogens is 2. The van der Waals surface area contributed by atoms with E-state index in [0.717, 1.165) is 40.9 Å². The topological polar surface area (TPSA) is 84.3 Å². The third kappa shape index (κ3) is 4.15. The van der Waals surface area contributed by atoms with Gasteiger partial charge in [0.05, 0.1) is 21.3 Å². The van der Waals surface area contributed by atoms with Crippen molar-refractivity contribution in [1.29, 1.82) is 0 Å². The van der Waals surface area contributed by atoms with E-state index in [4.69, 9.17) is 9.72 Å². The molecule has 28 heavy (non-hydrogen) atoms. The average Bonchev–Trinajstić information content (AvgIpc) is 3.11. The van der Waals surface area contributed by atoms with Gasteiger partial charge in [-0.05, 0) is 37.0 Å². The van der Waals surface area contributed by atoms with Crippen molar-refractivity contribution in [3.63, 3.8) is 0 Å². The van der Waals surface area contributed by atoms with Crippen molar-refractivity contribution in [2.45, 2.75) is 38.2 Å². The Hall–Kier alpha value is -2.51. The van der Waals surface area contributed by atoms with E-state index >= 15 is 0 Å². The number of aliphatic hydroxyl groups excluding tert-OH is 1. The molecule has 0 spiro atoms. The average molecular weight is 398 g/mol. The first-order valence-corrected chi connectivity index (χ1v) is 10.4. The van der Waals surface area contributed by atoms with Crippen molar-refractivity contribution < 1.29 is 14.6 Å². The van der Waals surface area contributed by atoms with Gasteiger partial charge in [0.15, 0.2) is 0 Å². The smallest absolute Gasteiger partial charge is 0.269 e. The molecule has 2 N–H and O–H groups in total. The highest BCUT2D eigenvalue weighted by Gasteiger charge is 2.24. The number of nitrogens with zero attached hydrogens (tertiary/aromatic N) is 2. The van der Waals surface area contributed by atoms with Crippen LogP contribution in [0.4, 0.5) is 0 Å². The lowest BCUT2D eigenvalue weighted by Gasteiger charge is -2.26. The molecule has 3 aromatic rings. The third-order valence-corrected chi connectivity index (χ3v) is 6.18. The summed E-state index contributed by atoms with van der Waals surface area (Å²) in [5, 5.41) is 13.8. The van der Waals surface area contributed by atoms with E-state index in [0.29, 0.717) is 23.1 Å². The summed E-state index contributed by atoms with van der Waals surface area (Å²) >= 11 is 1.65. The summed E-state index contributed by atoms with van der Waals surface area (Å²) < 4.78 is 6.97. The lowest BCUT2D eigenvalue weighted by Crippen LogP contribution is -2.26. The van der Waals surface area contributed by atoms with Gasteiger partial charge in [-0.1, -0.05) is 12.8 Å². The Morgan fingerprint density at radius 3 is 2.89 bits per heavy atom. The minimum absolute atomic E-state index is 0.208. The molecule has 1 aliphatic rings. The molecule has 0 bridgehead atoms. The van der Waals surface area contributed by atoms with Crippen molar-refractivity contribution >= 4 is 27.5 Å². The monoisotopic (exact) mass is 397 g/mol. The Kier molecular flexibility index (Phi) is 5.54. The van der Waals surface area contributed by atoms with Gasteiger partial charge in [0, 0.05) is 31.8 Å². The van der Waals surface area contributed by atoms with E-state index in [9.17, 15) is 9.90 Å². The molecule has 7 heteroatoms. The summed E-state index contributed by atoms with van der Waals surface area (Å²) in [7, 11) is 1.57. The second-order valence-corrected chi connectivity index (χ2v) is 8.23. The van der Waals surface area contributed by atoms with Crippen molar-refractivity contribution in [2.24, 2.45) is 5.92 Å². The van der Waals surface area contributed by atoms with Crippen LogP contribution in [-0.2, 0) is 6.42 Å². The number of rotatable bonds is 5. The van der Waals surface area contributed by atoms with Crippen LogP contribution in [0, 0.1) is 5.92 Å². The zero-order valence-corrected chi connectivity index (χ0v) is 16.5. The first kappa shape index (κ1) is 18.8. The van der Waals surface area contributed by atoms with Crippen LogP contribution in [0.25, 0.3) is 10.2 Å². The lowest BCUT2D eigenvalue weighted by molar-refractivity contribution is 0.0700. The van der Waals surface area contributed by atoms with E-state index in [2.05, 4.69) is 10.3 Å². The largest absolute Gasteiger partial charge is 0.457 e. The maximum absolute atomic E-state index is 11.7. The summed E-state index contributed by atoms with van der Waals surface area (Å²) in [6, 6.07) is 9.13. The molecule has 0 aliphatic heterocycles. The summed E-state index contributed by atoms with van der Waals surface area (Å²) in [5.41, 5.74) is 1.26. The molecule has 0 unspecified atom stereocenters. The normalized spacial score (nSPS) is 19.5. The van der Waals surface area contributed by atoms with E-state index in [-0.39, 0.29) is 12.0 Å². The van der Waals surface area contributed by atoms with E-state index in [1.54, 1.807) is 36.7 Å². The van der Waals surface area contributed by atoms with Gasteiger partial charge in [-0.3, -0.25) is 9.78 Å². The maximum atomic E-state index is 11.7. The van der Waals surface area contributed by atoms with E-state index in [1.807, 2.05) is 18.2 Å². The first-order valence-electron chi connectivity index (χ1n) is 9.56. The summed E-state index contributed by atoms with van der Waals surface area (Å²) in [4.78, 5) is 20.5. The molecule has 2 heterocycles. The van der Waals surface area contributed by atoms with Crippen molar-refractivity contribution in [3.8, 4) is 11.5 Å². The molecule has 146 valence electrons. The Balaban J connectivity index is 1.51. The van der Waals surface area contributed by atoms with Gasteiger partial charge < -0.3 is 15.2 Å². The summed E-state index contributed by atoms with van der Waals surface area (Å²) in [6.45, 7) is 0. The van der Waals surface area contributed by atoms with Gasteiger partial charge in [0.25, 0.3) is 5.91 Å². The highest BCUT2D eigenvalue weighted by atomic mass is 32.1. The van der Waals surface area contributed by atoms with Gasteiger partial charge in [0.1, 0.15) is 17.2 Å². The van der Waals surface area contributed by atoms with Crippen LogP contribution in [-0.4, -0.2) is 34.1 Å². The molecule has 2 atom stereocenters. The van der Waals surface area contributed by atoms with Crippen LogP contribution < -0.4 is 10.1 Å². The van der Waals surface area contributed by atoms with Crippen LogP contribution >= 0.6 is 11.3 Å². The number of benzene rings is 1. The van der Waals surface area contributed by atoms with Crippen molar-refractivity contribution in [3.05, 3.63) is 47.2 Å². The number of carbonyl (C=O) groups is 1. The third-order valence-electron chi connectivity index (χ3n) is 5.14. The van der Waals surface area contributed by atoms with Gasteiger partial charge in [0.2, 0.25) is 0 Å². The molecular formula is C21H23N3O3S. The van der Waals surface area contributed by atoms with Crippen LogP contribution in [0.15, 0.2) is 36.5 Å². The number of nitrogens with one attached hydrogen (secondary N) is 1. The number of fused-ring (bicyclic) bond motifs is 1. The number of aliphatic hydroxyl groups is 1. The number of pyridine rings is 1. The molecule has 6 nitrogen and oxygen atoms in total. The van der Waals surface area contributed by atoms with Crippen LogP contribution in [0.3, 0.4) is 0 Å². The highest BCUT2D eigenvalue weighted by molar-refractivity contribution is 7.18. The SMILES string of the molecule is CNC(=O)c1cc(Oc2ccc3nc(C[C@@H]4CCCC[C@H]4O)sc3c2)ccn1. The van der Waals surface area contributed by atoms with Crippen LogP contribution in [0.2, 0.25) is 0 Å². The molecule has 1 amide bonds. The van der Waals surface area contributed by atoms with Gasteiger partial charge >= 0.3 is 0 Å². The second kappa shape index (κ2) is 8.24. The van der Waals surface area contributed by atoms with Gasteiger partial charge in [-0.15, -0.1) is 11.3 Å². The summed E-state index contributed by atoms with van der Waals surface area (Å²) in [5.74, 6) is 1.31. The number of hydrogen-bond acceptors (Lipinski definition) is 6. The standard InChI is InChI=1S/C21H23N3O3S/c1-22-21(26)17-11-15(8-9-23-17)27-14-6-7-16-19(12-14)28-20(24-16)10-13-4-2-3-5-18(13)25/h6-9,11-13,18,25H,2-5,10H2,1H3,(H,22,26)/t13-,18+/m0/s1. The number of ether oxygens (including phenoxy) is 1. The number of carbonyl (C=O) groups excluding carboxylic acids is 1. The minimum Gasteiger partial charge on any atom is -0.457 e. The number of hydrogen-bond donors (Lipinski definition) is 2. The highest BCUT2D eigenvalue weighted by Crippen LogP contribution is 2.33. The predicted octanol–water partition coefficient (Wildman–Crippen LogP) is 3.94. The molecular weight excluding hydrogens is 374 g/mol. The fourth-order valence-electron chi connectivity index (χ4n) is 3.62. The zero-order chi connectivity index (χ0) is 19.5. The molecule has 4 rings (SSSR count).